The van der Waals surface area contributed by atoms with Gasteiger partial charge in [-0.05, 0) is 35.9 Å². The zero-order valence-electron chi connectivity index (χ0n) is 14.7. The maximum atomic E-state index is 12.3. The lowest BCUT2D eigenvalue weighted by molar-refractivity contribution is -0.140. The third-order valence-corrected chi connectivity index (χ3v) is 4.40. The van der Waals surface area contributed by atoms with Gasteiger partial charge in [-0.2, -0.15) is 0 Å². The van der Waals surface area contributed by atoms with Crippen LogP contribution >= 0.6 is 0 Å². The fraction of sp³-hybridized carbons (Fsp3) is 0.300. The second-order valence-electron chi connectivity index (χ2n) is 6.78. The van der Waals surface area contributed by atoms with Crippen LogP contribution in [0.25, 0.3) is 21.7 Å². The summed E-state index contributed by atoms with van der Waals surface area (Å²) in [6, 6.07) is 9.58. The summed E-state index contributed by atoms with van der Waals surface area (Å²) in [5.74, 6) is -0.797. The van der Waals surface area contributed by atoms with Crippen LogP contribution in [0.5, 0.6) is 5.75 Å². The normalized spacial score (nSPS) is 12.7. The molecule has 0 aliphatic carbocycles. The highest BCUT2D eigenvalue weighted by Gasteiger charge is 2.20. The SMILES string of the molecule is CC(C)C[C@@H](NCc1c(O)ccc2c1oc(=O)c1ccccc12)C(=O)O. The number of aromatic hydroxyl groups is 1. The van der Waals surface area contributed by atoms with Gasteiger partial charge in [0.1, 0.15) is 17.4 Å². The van der Waals surface area contributed by atoms with Crippen LogP contribution in [0.3, 0.4) is 0 Å². The van der Waals surface area contributed by atoms with E-state index in [9.17, 15) is 19.8 Å². The fourth-order valence-electron chi connectivity index (χ4n) is 3.13. The van der Waals surface area contributed by atoms with Gasteiger partial charge in [-0.15, -0.1) is 0 Å². The summed E-state index contributed by atoms with van der Waals surface area (Å²) in [7, 11) is 0. The number of hydrogen-bond acceptors (Lipinski definition) is 5. The Kier molecular flexibility index (Phi) is 4.95. The first-order valence-corrected chi connectivity index (χ1v) is 8.51. The van der Waals surface area contributed by atoms with Crippen molar-refractivity contribution >= 4 is 27.7 Å². The number of aliphatic carboxylic acids is 1. The molecule has 0 bridgehead atoms. The van der Waals surface area contributed by atoms with Crippen molar-refractivity contribution in [2.24, 2.45) is 5.92 Å². The van der Waals surface area contributed by atoms with Gasteiger partial charge in [-0.25, -0.2) is 4.79 Å². The Bertz CT molecular complexity index is 1020. The number of nitrogens with one attached hydrogen (secondary N) is 1. The van der Waals surface area contributed by atoms with Crippen LogP contribution in [0.1, 0.15) is 25.8 Å². The Morgan fingerprint density at radius 3 is 2.46 bits per heavy atom. The second kappa shape index (κ2) is 7.17. The Hall–Kier alpha value is -2.86. The lowest BCUT2D eigenvalue weighted by Crippen LogP contribution is -2.37. The minimum Gasteiger partial charge on any atom is -0.507 e. The molecular formula is C20H21NO5. The van der Waals surface area contributed by atoms with Gasteiger partial charge in [0.2, 0.25) is 0 Å². The summed E-state index contributed by atoms with van der Waals surface area (Å²) < 4.78 is 5.46. The highest BCUT2D eigenvalue weighted by atomic mass is 16.4. The maximum absolute atomic E-state index is 12.3. The Morgan fingerprint density at radius 2 is 1.81 bits per heavy atom. The molecule has 0 spiro atoms. The fourth-order valence-corrected chi connectivity index (χ4v) is 3.13. The summed E-state index contributed by atoms with van der Waals surface area (Å²) in [5, 5.41) is 24.5. The van der Waals surface area contributed by atoms with Crippen LogP contribution in [-0.2, 0) is 11.3 Å². The predicted octanol–water partition coefficient (Wildman–Crippen LogP) is 3.24. The van der Waals surface area contributed by atoms with Crippen LogP contribution < -0.4 is 10.9 Å². The highest BCUT2D eigenvalue weighted by molar-refractivity contribution is 6.05. The zero-order valence-corrected chi connectivity index (χ0v) is 14.7. The number of rotatable bonds is 6. The first kappa shape index (κ1) is 17.9. The van der Waals surface area contributed by atoms with Crippen molar-refractivity contribution in [3.05, 3.63) is 52.4 Å². The van der Waals surface area contributed by atoms with Crippen molar-refractivity contribution in [2.45, 2.75) is 32.9 Å². The Labute approximate surface area is 150 Å². The van der Waals surface area contributed by atoms with Gasteiger partial charge < -0.3 is 19.9 Å². The molecule has 0 saturated heterocycles. The summed E-state index contributed by atoms with van der Waals surface area (Å²) in [6.45, 7) is 3.96. The number of hydrogen-bond donors (Lipinski definition) is 3. The molecular weight excluding hydrogens is 334 g/mol. The molecule has 3 rings (SSSR count). The van der Waals surface area contributed by atoms with Gasteiger partial charge in [0, 0.05) is 11.9 Å². The van der Waals surface area contributed by atoms with Gasteiger partial charge in [0.15, 0.2) is 0 Å². The molecule has 0 amide bonds. The topological polar surface area (TPSA) is 99.8 Å². The quantitative estimate of drug-likeness (QED) is 0.464. The van der Waals surface area contributed by atoms with Crippen molar-refractivity contribution in [1.82, 2.24) is 5.32 Å². The molecule has 2 aromatic carbocycles. The van der Waals surface area contributed by atoms with Crippen LogP contribution in [0, 0.1) is 5.92 Å². The molecule has 6 heteroatoms. The van der Waals surface area contributed by atoms with E-state index >= 15 is 0 Å². The van der Waals surface area contributed by atoms with Crippen molar-refractivity contribution in [2.75, 3.05) is 0 Å². The lowest BCUT2D eigenvalue weighted by atomic mass is 10.0. The summed E-state index contributed by atoms with van der Waals surface area (Å²) in [4.78, 5) is 23.7. The molecule has 136 valence electrons. The van der Waals surface area contributed by atoms with E-state index in [1.807, 2.05) is 26.0 Å². The largest absolute Gasteiger partial charge is 0.507 e. The number of fused-ring (bicyclic) bond motifs is 3. The van der Waals surface area contributed by atoms with Gasteiger partial charge in [-0.1, -0.05) is 32.0 Å². The predicted molar refractivity (Wildman–Crippen MR) is 99.4 cm³/mol. The number of phenolic OH excluding ortho intramolecular Hbond substituents is 1. The van der Waals surface area contributed by atoms with E-state index in [0.29, 0.717) is 22.8 Å². The van der Waals surface area contributed by atoms with Crippen LogP contribution in [0.15, 0.2) is 45.6 Å². The standard InChI is InChI=1S/C20H21NO5/c1-11(2)9-16(19(23)24)21-10-15-17(22)8-7-13-12-5-3-4-6-14(12)20(25)26-18(13)15/h3-8,11,16,21-22H,9-10H2,1-2H3,(H,23,24)/t16-/m1/s1. The summed E-state index contributed by atoms with van der Waals surface area (Å²) in [6.07, 6.45) is 0.452. The van der Waals surface area contributed by atoms with Crippen LogP contribution in [-0.4, -0.2) is 22.2 Å². The van der Waals surface area contributed by atoms with Crippen LogP contribution in [0.4, 0.5) is 0 Å². The molecule has 1 atom stereocenters. The molecule has 0 unspecified atom stereocenters. The number of carbonyl (C=O) groups is 1. The van der Waals surface area contributed by atoms with Crippen molar-refractivity contribution in [3.8, 4) is 5.75 Å². The van der Waals surface area contributed by atoms with E-state index in [2.05, 4.69) is 5.32 Å². The molecule has 3 aromatic rings. The molecule has 1 aromatic heterocycles. The minimum atomic E-state index is -0.953. The molecule has 0 saturated carbocycles. The van der Waals surface area contributed by atoms with Crippen LogP contribution in [0.2, 0.25) is 0 Å². The van der Waals surface area contributed by atoms with E-state index in [-0.39, 0.29) is 23.8 Å². The molecule has 6 nitrogen and oxygen atoms in total. The molecule has 0 fully saturated rings. The molecule has 1 heterocycles. The number of phenols is 1. The zero-order chi connectivity index (χ0) is 18.8. The van der Waals surface area contributed by atoms with Gasteiger partial charge >= 0.3 is 11.6 Å². The Balaban J connectivity index is 2.07. The van der Waals surface area contributed by atoms with Crippen molar-refractivity contribution < 1.29 is 19.4 Å². The van der Waals surface area contributed by atoms with Crippen molar-refractivity contribution in [1.29, 1.82) is 0 Å². The van der Waals surface area contributed by atoms with E-state index < -0.39 is 17.6 Å². The third-order valence-electron chi connectivity index (χ3n) is 4.40. The minimum absolute atomic E-state index is 0.0443. The first-order chi connectivity index (χ1) is 12.4. The van der Waals surface area contributed by atoms with E-state index in [4.69, 9.17) is 4.42 Å². The van der Waals surface area contributed by atoms with E-state index in [1.54, 1.807) is 18.2 Å². The molecule has 0 aliphatic heterocycles. The number of benzene rings is 2. The average Bonchev–Trinajstić information content (AvgIpc) is 2.59. The molecule has 0 radical (unpaired) electrons. The Morgan fingerprint density at radius 1 is 1.12 bits per heavy atom. The van der Waals surface area contributed by atoms with Crippen molar-refractivity contribution in [3.63, 3.8) is 0 Å². The van der Waals surface area contributed by atoms with Gasteiger partial charge in [0.25, 0.3) is 0 Å². The second-order valence-corrected chi connectivity index (χ2v) is 6.78. The van der Waals surface area contributed by atoms with E-state index in [0.717, 1.165) is 5.39 Å². The molecule has 3 N–H and O–H groups in total. The lowest BCUT2D eigenvalue weighted by Gasteiger charge is -2.17. The van der Waals surface area contributed by atoms with E-state index in [1.165, 1.54) is 6.07 Å². The van der Waals surface area contributed by atoms with Gasteiger partial charge in [0.05, 0.1) is 10.9 Å². The highest BCUT2D eigenvalue weighted by Crippen LogP contribution is 2.30. The monoisotopic (exact) mass is 355 g/mol. The first-order valence-electron chi connectivity index (χ1n) is 8.51. The summed E-state index contributed by atoms with van der Waals surface area (Å²) in [5.41, 5.74) is 0.159. The molecule has 0 aliphatic rings. The smallest absolute Gasteiger partial charge is 0.344 e. The number of carboxylic acids is 1. The number of carboxylic acid groups (broad SMARTS) is 1. The average molecular weight is 355 g/mol. The third kappa shape index (κ3) is 3.41. The maximum Gasteiger partial charge on any atom is 0.344 e. The van der Waals surface area contributed by atoms with Gasteiger partial charge in [-0.3, -0.25) is 4.79 Å². The summed E-state index contributed by atoms with van der Waals surface area (Å²) >= 11 is 0. The molecule has 26 heavy (non-hydrogen) atoms.